The Morgan fingerprint density at radius 1 is 1.57 bits per heavy atom. The van der Waals surface area contributed by atoms with Crippen LogP contribution >= 0.6 is 0 Å². The van der Waals surface area contributed by atoms with Crippen molar-refractivity contribution in [3.8, 4) is 0 Å². The highest BCUT2D eigenvalue weighted by Crippen LogP contribution is 2.02. The zero-order valence-corrected chi connectivity index (χ0v) is 8.38. The monoisotopic (exact) mass is 196 g/mol. The van der Waals surface area contributed by atoms with Crippen LogP contribution in [-0.4, -0.2) is 23.0 Å². The minimum absolute atomic E-state index is 0.000556. The van der Waals surface area contributed by atoms with Gasteiger partial charge in [-0.3, -0.25) is 4.79 Å². The van der Waals surface area contributed by atoms with Crippen LogP contribution in [-0.2, 0) is 11.2 Å². The molecule has 0 fully saturated rings. The number of nitrogens with zero attached hydrogens (tertiary/aromatic N) is 1. The summed E-state index contributed by atoms with van der Waals surface area (Å²) in [4.78, 5) is 29.2. The molecule has 0 bridgehead atoms. The summed E-state index contributed by atoms with van der Waals surface area (Å²) in [6, 6.07) is 0. The zero-order valence-electron chi connectivity index (χ0n) is 8.38. The Kier molecular flexibility index (Phi) is 3.01. The number of hydrogen-bond donors (Lipinski definition) is 1. The van der Waals surface area contributed by atoms with E-state index in [-0.39, 0.29) is 5.56 Å². The standard InChI is InChI=1S/C9H12N2O3/c1-4-6-7(9(13)14-3)8(12)11-5(2)10-6/h4H2,1-3H3,(H,10,11,12). The smallest absolute Gasteiger partial charge is 0.345 e. The Morgan fingerprint density at radius 2 is 2.21 bits per heavy atom. The van der Waals surface area contributed by atoms with Crippen LogP contribution in [0.1, 0.15) is 28.8 Å². The quantitative estimate of drug-likeness (QED) is 0.696. The Balaban J connectivity index is 3.40. The number of ether oxygens (including phenoxy) is 1. The van der Waals surface area contributed by atoms with Crippen molar-refractivity contribution in [3.63, 3.8) is 0 Å². The third-order valence-electron chi connectivity index (χ3n) is 1.84. The van der Waals surface area contributed by atoms with Crippen LogP contribution in [0.5, 0.6) is 0 Å². The Labute approximate surface area is 81.1 Å². The molecular weight excluding hydrogens is 184 g/mol. The molecule has 0 radical (unpaired) electrons. The molecule has 0 aliphatic rings. The van der Waals surface area contributed by atoms with Crippen molar-refractivity contribution in [1.29, 1.82) is 0 Å². The molecule has 0 aliphatic heterocycles. The van der Waals surface area contributed by atoms with E-state index in [1.165, 1.54) is 7.11 Å². The number of aryl methyl sites for hydroxylation is 2. The van der Waals surface area contributed by atoms with Gasteiger partial charge in [0.25, 0.3) is 5.56 Å². The topological polar surface area (TPSA) is 72.0 Å². The highest BCUT2D eigenvalue weighted by Gasteiger charge is 2.17. The number of H-pyrrole nitrogens is 1. The average Bonchev–Trinajstić information content (AvgIpc) is 2.15. The summed E-state index contributed by atoms with van der Waals surface area (Å²) in [6.07, 6.45) is 0.523. The third kappa shape index (κ3) is 1.81. The van der Waals surface area contributed by atoms with E-state index in [0.29, 0.717) is 17.9 Å². The number of hydrogen-bond acceptors (Lipinski definition) is 4. The zero-order chi connectivity index (χ0) is 10.7. The summed E-state index contributed by atoms with van der Waals surface area (Å²) in [7, 11) is 1.24. The van der Waals surface area contributed by atoms with Crippen LogP contribution < -0.4 is 5.56 Å². The van der Waals surface area contributed by atoms with Crippen molar-refractivity contribution in [3.05, 3.63) is 27.4 Å². The summed E-state index contributed by atoms with van der Waals surface area (Å²) in [5.41, 5.74) is 0.0277. The maximum atomic E-state index is 11.4. The van der Waals surface area contributed by atoms with Gasteiger partial charge < -0.3 is 9.72 Å². The fraction of sp³-hybridized carbons (Fsp3) is 0.444. The number of rotatable bonds is 2. The van der Waals surface area contributed by atoms with Gasteiger partial charge in [-0.05, 0) is 13.3 Å². The van der Waals surface area contributed by atoms with Gasteiger partial charge in [0.05, 0.1) is 12.8 Å². The Bertz CT molecular complexity index is 409. The first-order valence-corrected chi connectivity index (χ1v) is 4.28. The van der Waals surface area contributed by atoms with Crippen molar-refractivity contribution in [2.24, 2.45) is 0 Å². The fourth-order valence-electron chi connectivity index (χ4n) is 1.21. The van der Waals surface area contributed by atoms with Crippen LogP contribution in [0.4, 0.5) is 0 Å². The summed E-state index contributed by atoms with van der Waals surface area (Å²) in [5, 5.41) is 0. The molecule has 0 saturated carbocycles. The minimum Gasteiger partial charge on any atom is -0.465 e. The number of methoxy groups -OCH3 is 1. The van der Waals surface area contributed by atoms with Crippen LogP contribution in [0, 0.1) is 6.92 Å². The van der Waals surface area contributed by atoms with Crippen molar-refractivity contribution in [2.75, 3.05) is 7.11 Å². The second kappa shape index (κ2) is 4.04. The van der Waals surface area contributed by atoms with Gasteiger partial charge in [-0.2, -0.15) is 0 Å². The number of aromatic nitrogens is 2. The van der Waals surface area contributed by atoms with Gasteiger partial charge in [-0.1, -0.05) is 6.92 Å². The number of nitrogens with one attached hydrogen (secondary N) is 1. The first-order chi connectivity index (χ1) is 6.60. The molecule has 0 atom stereocenters. The highest BCUT2D eigenvalue weighted by atomic mass is 16.5. The molecular formula is C9H12N2O3. The largest absolute Gasteiger partial charge is 0.465 e. The molecule has 1 heterocycles. The van der Waals surface area contributed by atoms with Crippen LogP contribution in [0.25, 0.3) is 0 Å². The maximum Gasteiger partial charge on any atom is 0.345 e. The number of esters is 1. The Hall–Kier alpha value is -1.65. The molecule has 1 rings (SSSR count). The lowest BCUT2D eigenvalue weighted by atomic mass is 10.2. The summed E-state index contributed by atoms with van der Waals surface area (Å²) in [5.74, 6) is -0.143. The molecule has 0 aliphatic carbocycles. The molecule has 0 aromatic carbocycles. The van der Waals surface area contributed by atoms with E-state index in [1.807, 2.05) is 6.92 Å². The summed E-state index contributed by atoms with van der Waals surface area (Å²) < 4.78 is 4.50. The number of carbonyl (C=O) groups excluding carboxylic acids is 1. The van der Waals surface area contributed by atoms with Gasteiger partial charge in [0.15, 0.2) is 0 Å². The number of carbonyl (C=O) groups is 1. The molecule has 1 aromatic rings. The van der Waals surface area contributed by atoms with E-state index in [4.69, 9.17) is 0 Å². The van der Waals surface area contributed by atoms with Gasteiger partial charge in [0.2, 0.25) is 0 Å². The van der Waals surface area contributed by atoms with E-state index < -0.39 is 11.5 Å². The van der Waals surface area contributed by atoms with Crippen molar-refractivity contribution < 1.29 is 9.53 Å². The highest BCUT2D eigenvalue weighted by molar-refractivity contribution is 5.90. The van der Waals surface area contributed by atoms with E-state index in [0.717, 1.165) is 0 Å². The molecule has 1 N–H and O–H groups in total. The molecule has 76 valence electrons. The molecule has 5 heteroatoms. The summed E-state index contributed by atoms with van der Waals surface area (Å²) in [6.45, 7) is 3.50. The molecule has 0 amide bonds. The van der Waals surface area contributed by atoms with E-state index >= 15 is 0 Å². The number of aromatic amines is 1. The molecule has 0 spiro atoms. The SMILES string of the molecule is CCc1nc(C)[nH]c(=O)c1C(=O)OC. The van der Waals surface area contributed by atoms with Crippen LogP contribution in [0.15, 0.2) is 4.79 Å². The lowest BCUT2D eigenvalue weighted by Gasteiger charge is -2.04. The third-order valence-corrected chi connectivity index (χ3v) is 1.84. The van der Waals surface area contributed by atoms with Gasteiger partial charge in [-0.15, -0.1) is 0 Å². The fourth-order valence-corrected chi connectivity index (χ4v) is 1.21. The average molecular weight is 196 g/mol. The van der Waals surface area contributed by atoms with E-state index in [9.17, 15) is 9.59 Å². The van der Waals surface area contributed by atoms with Crippen LogP contribution in [0.2, 0.25) is 0 Å². The molecule has 14 heavy (non-hydrogen) atoms. The summed E-state index contributed by atoms with van der Waals surface area (Å²) >= 11 is 0. The molecule has 1 aromatic heterocycles. The van der Waals surface area contributed by atoms with Gasteiger partial charge in [0.1, 0.15) is 11.4 Å². The second-order valence-corrected chi connectivity index (χ2v) is 2.82. The lowest BCUT2D eigenvalue weighted by Crippen LogP contribution is -2.23. The maximum absolute atomic E-state index is 11.4. The first kappa shape index (κ1) is 10.4. The second-order valence-electron chi connectivity index (χ2n) is 2.82. The van der Waals surface area contributed by atoms with Gasteiger partial charge in [0, 0.05) is 0 Å². The molecule has 5 nitrogen and oxygen atoms in total. The van der Waals surface area contributed by atoms with E-state index in [2.05, 4.69) is 14.7 Å². The van der Waals surface area contributed by atoms with Crippen LogP contribution in [0.3, 0.4) is 0 Å². The van der Waals surface area contributed by atoms with Gasteiger partial charge >= 0.3 is 5.97 Å². The Morgan fingerprint density at radius 3 is 2.71 bits per heavy atom. The van der Waals surface area contributed by atoms with Crippen molar-refractivity contribution in [1.82, 2.24) is 9.97 Å². The predicted molar refractivity (Wildman–Crippen MR) is 50.3 cm³/mol. The van der Waals surface area contributed by atoms with Gasteiger partial charge in [-0.25, -0.2) is 9.78 Å². The predicted octanol–water partition coefficient (Wildman–Crippen LogP) is 0.427. The molecule has 0 saturated heterocycles. The normalized spacial score (nSPS) is 9.93. The lowest BCUT2D eigenvalue weighted by molar-refractivity contribution is 0.0596. The molecule has 0 unspecified atom stereocenters. The van der Waals surface area contributed by atoms with E-state index in [1.54, 1.807) is 6.92 Å². The van der Waals surface area contributed by atoms with Crippen molar-refractivity contribution >= 4 is 5.97 Å². The minimum atomic E-state index is -0.643. The first-order valence-electron chi connectivity index (χ1n) is 4.28. The van der Waals surface area contributed by atoms with Crippen molar-refractivity contribution in [2.45, 2.75) is 20.3 Å².